The van der Waals surface area contributed by atoms with Crippen LogP contribution in [0.3, 0.4) is 0 Å². The maximum atomic E-state index is 11.5. The summed E-state index contributed by atoms with van der Waals surface area (Å²) in [5.41, 5.74) is -0.699. The van der Waals surface area contributed by atoms with E-state index in [4.69, 9.17) is 14.6 Å². The van der Waals surface area contributed by atoms with E-state index < -0.39 is 35.9 Å². The Morgan fingerprint density at radius 3 is 2.26 bits per heavy atom. The van der Waals surface area contributed by atoms with E-state index in [1.165, 1.54) is 0 Å². The number of nitrogens with one attached hydrogen (secondary N) is 1. The van der Waals surface area contributed by atoms with Crippen molar-refractivity contribution in [1.29, 1.82) is 0 Å². The summed E-state index contributed by atoms with van der Waals surface area (Å²) in [4.78, 5) is 33.8. The van der Waals surface area contributed by atoms with Crippen LogP contribution >= 0.6 is 0 Å². The number of aliphatic carboxylic acids is 1. The van der Waals surface area contributed by atoms with Crippen LogP contribution in [0.2, 0.25) is 0 Å². The number of carbonyl (C=O) groups is 3. The Morgan fingerprint density at radius 1 is 1.26 bits per heavy atom. The number of hydrogen-bond acceptors (Lipinski definition) is 5. The first-order chi connectivity index (χ1) is 8.65. The summed E-state index contributed by atoms with van der Waals surface area (Å²) < 4.78 is 9.84. The van der Waals surface area contributed by atoms with Gasteiger partial charge in [-0.15, -0.1) is 0 Å². The van der Waals surface area contributed by atoms with Crippen LogP contribution in [-0.2, 0) is 23.9 Å². The molecular formula is C12H21NO6. The molecule has 0 spiro atoms. The van der Waals surface area contributed by atoms with Crippen LogP contribution in [0.15, 0.2) is 0 Å². The smallest absolute Gasteiger partial charge is 0.326 e. The lowest BCUT2D eigenvalue weighted by molar-refractivity contribution is -0.158. The minimum Gasteiger partial charge on any atom is -0.480 e. The Labute approximate surface area is 112 Å². The molecule has 0 saturated carbocycles. The van der Waals surface area contributed by atoms with Crippen molar-refractivity contribution in [1.82, 2.24) is 5.32 Å². The fraction of sp³-hybridized carbons (Fsp3) is 0.750. The first kappa shape index (κ1) is 17.4. The molecule has 0 aliphatic heterocycles. The van der Waals surface area contributed by atoms with Crippen LogP contribution in [0.4, 0.5) is 0 Å². The van der Waals surface area contributed by atoms with Gasteiger partial charge >= 0.3 is 11.9 Å². The number of carboxylic acids is 1. The topological polar surface area (TPSA) is 102 Å². The van der Waals surface area contributed by atoms with E-state index in [0.717, 1.165) is 0 Å². The SMILES string of the molecule is CCOCC(=O)N[C@@H](CC(=O)OC(C)(C)C)C(=O)O. The summed E-state index contributed by atoms with van der Waals surface area (Å²) in [5.74, 6) is -2.56. The molecule has 0 aromatic rings. The molecule has 19 heavy (non-hydrogen) atoms. The van der Waals surface area contributed by atoms with Crippen molar-refractivity contribution in [3.8, 4) is 0 Å². The van der Waals surface area contributed by atoms with Crippen molar-refractivity contribution >= 4 is 17.8 Å². The Kier molecular flexibility index (Phi) is 7.06. The summed E-state index contributed by atoms with van der Waals surface area (Å²) in [5, 5.41) is 11.1. The van der Waals surface area contributed by atoms with Crippen LogP contribution < -0.4 is 5.32 Å². The third-order valence-corrected chi connectivity index (χ3v) is 1.86. The Morgan fingerprint density at radius 2 is 1.84 bits per heavy atom. The molecular weight excluding hydrogens is 254 g/mol. The van der Waals surface area contributed by atoms with Gasteiger partial charge in [0.1, 0.15) is 18.2 Å². The molecule has 0 aromatic heterocycles. The predicted molar refractivity (Wildman–Crippen MR) is 66.5 cm³/mol. The molecule has 7 nitrogen and oxygen atoms in total. The third-order valence-electron chi connectivity index (χ3n) is 1.86. The summed E-state index contributed by atoms with van der Waals surface area (Å²) in [6, 6.07) is -1.32. The van der Waals surface area contributed by atoms with Crippen LogP contribution in [0.1, 0.15) is 34.1 Å². The molecule has 0 fully saturated rings. The molecule has 2 N–H and O–H groups in total. The number of amides is 1. The second-order valence-electron chi connectivity index (χ2n) is 4.89. The minimum absolute atomic E-state index is 0.241. The van der Waals surface area contributed by atoms with Gasteiger partial charge < -0.3 is 19.9 Å². The Hall–Kier alpha value is -1.63. The van der Waals surface area contributed by atoms with Crippen LogP contribution in [0.5, 0.6) is 0 Å². The maximum absolute atomic E-state index is 11.5. The third kappa shape index (κ3) is 9.01. The molecule has 0 heterocycles. The lowest BCUT2D eigenvalue weighted by Gasteiger charge is -2.21. The van der Waals surface area contributed by atoms with Gasteiger partial charge in [-0.1, -0.05) is 0 Å². The van der Waals surface area contributed by atoms with Gasteiger partial charge in [0, 0.05) is 6.61 Å². The van der Waals surface area contributed by atoms with Crippen molar-refractivity contribution < 1.29 is 29.0 Å². The molecule has 0 unspecified atom stereocenters. The van der Waals surface area contributed by atoms with Crippen molar-refractivity contribution in [2.45, 2.75) is 45.8 Å². The second-order valence-corrected chi connectivity index (χ2v) is 4.89. The van der Waals surface area contributed by atoms with Gasteiger partial charge in [0.25, 0.3) is 0 Å². The predicted octanol–water partition coefficient (Wildman–Crippen LogP) is 0.324. The molecule has 0 rings (SSSR count). The van der Waals surface area contributed by atoms with Crippen molar-refractivity contribution in [3.63, 3.8) is 0 Å². The lowest BCUT2D eigenvalue weighted by Crippen LogP contribution is -2.44. The summed E-state index contributed by atoms with van der Waals surface area (Å²) in [7, 11) is 0. The van der Waals surface area contributed by atoms with Gasteiger partial charge in [-0.05, 0) is 27.7 Å². The first-order valence-electron chi connectivity index (χ1n) is 5.97. The Bertz CT molecular complexity index is 334. The number of rotatable bonds is 7. The van der Waals surface area contributed by atoms with Gasteiger partial charge in [0.2, 0.25) is 5.91 Å². The minimum atomic E-state index is -1.32. The van der Waals surface area contributed by atoms with Gasteiger partial charge in [0.15, 0.2) is 0 Å². The van der Waals surface area contributed by atoms with Gasteiger partial charge in [0.05, 0.1) is 6.42 Å². The van der Waals surface area contributed by atoms with Crippen LogP contribution in [0.25, 0.3) is 0 Å². The second kappa shape index (κ2) is 7.73. The molecule has 0 radical (unpaired) electrons. The molecule has 110 valence electrons. The highest BCUT2D eigenvalue weighted by Crippen LogP contribution is 2.09. The van der Waals surface area contributed by atoms with Crippen molar-refractivity contribution in [3.05, 3.63) is 0 Å². The number of esters is 1. The fourth-order valence-electron chi connectivity index (χ4n) is 1.18. The first-order valence-corrected chi connectivity index (χ1v) is 5.97. The van der Waals surface area contributed by atoms with Gasteiger partial charge in [-0.2, -0.15) is 0 Å². The van der Waals surface area contributed by atoms with E-state index in [0.29, 0.717) is 6.61 Å². The highest BCUT2D eigenvalue weighted by molar-refractivity contribution is 5.87. The molecule has 1 amide bonds. The van der Waals surface area contributed by atoms with Gasteiger partial charge in [-0.25, -0.2) is 4.79 Å². The maximum Gasteiger partial charge on any atom is 0.326 e. The van der Waals surface area contributed by atoms with E-state index in [1.807, 2.05) is 0 Å². The Balaban J connectivity index is 4.38. The lowest BCUT2D eigenvalue weighted by atomic mass is 10.1. The van der Waals surface area contributed by atoms with Crippen LogP contribution in [0, 0.1) is 0 Å². The molecule has 0 bridgehead atoms. The van der Waals surface area contributed by atoms with E-state index in [2.05, 4.69) is 5.32 Å². The molecule has 1 atom stereocenters. The molecule has 0 aliphatic carbocycles. The number of carboxylic acid groups (broad SMARTS) is 1. The molecule has 0 aliphatic rings. The molecule has 7 heteroatoms. The highest BCUT2D eigenvalue weighted by atomic mass is 16.6. The average Bonchev–Trinajstić information content (AvgIpc) is 2.22. The van der Waals surface area contributed by atoms with Gasteiger partial charge in [-0.3, -0.25) is 9.59 Å². The largest absolute Gasteiger partial charge is 0.480 e. The monoisotopic (exact) mass is 275 g/mol. The molecule has 0 aromatic carbocycles. The number of ether oxygens (including phenoxy) is 2. The van der Waals surface area contributed by atoms with E-state index >= 15 is 0 Å². The highest BCUT2D eigenvalue weighted by Gasteiger charge is 2.26. The zero-order valence-electron chi connectivity index (χ0n) is 11.7. The normalized spacial score (nSPS) is 12.6. The quantitative estimate of drug-likeness (QED) is 0.649. The summed E-state index contributed by atoms with van der Waals surface area (Å²) in [6.45, 7) is 6.84. The standard InChI is InChI=1S/C12H21NO6/c1-5-18-7-9(14)13-8(11(16)17)6-10(15)19-12(2,3)4/h8H,5-7H2,1-4H3,(H,13,14)(H,16,17)/t8-/m0/s1. The number of hydrogen-bond donors (Lipinski definition) is 2. The molecule has 0 saturated heterocycles. The zero-order chi connectivity index (χ0) is 15.1. The number of carbonyl (C=O) groups excluding carboxylic acids is 2. The van der Waals surface area contributed by atoms with E-state index in [-0.39, 0.29) is 6.61 Å². The average molecular weight is 275 g/mol. The summed E-state index contributed by atoms with van der Waals surface area (Å²) >= 11 is 0. The van der Waals surface area contributed by atoms with E-state index in [1.54, 1.807) is 27.7 Å². The van der Waals surface area contributed by atoms with Crippen LogP contribution in [-0.4, -0.2) is 47.8 Å². The van der Waals surface area contributed by atoms with E-state index in [9.17, 15) is 14.4 Å². The van der Waals surface area contributed by atoms with Crippen molar-refractivity contribution in [2.75, 3.05) is 13.2 Å². The zero-order valence-corrected chi connectivity index (χ0v) is 11.7. The fourth-order valence-corrected chi connectivity index (χ4v) is 1.18. The van der Waals surface area contributed by atoms with Crippen molar-refractivity contribution in [2.24, 2.45) is 0 Å². The summed E-state index contributed by atoms with van der Waals surface area (Å²) in [6.07, 6.45) is -0.426.